The molecule has 1 unspecified atom stereocenters. The van der Waals surface area contributed by atoms with Gasteiger partial charge in [0.1, 0.15) is 36.6 Å². The fourth-order valence-corrected chi connectivity index (χ4v) is 5.67. The minimum Gasteiger partial charge on any atom is -0.395 e. The Morgan fingerprint density at radius 1 is 0.907 bits per heavy atom. The van der Waals surface area contributed by atoms with E-state index in [0.717, 1.165) is 0 Å². The van der Waals surface area contributed by atoms with E-state index in [2.05, 4.69) is 5.32 Å². The number of carbonyl (C=O) groups excluding carboxylic acids is 1. The van der Waals surface area contributed by atoms with Crippen molar-refractivity contribution in [1.29, 1.82) is 0 Å². The highest BCUT2D eigenvalue weighted by molar-refractivity contribution is 5.83. The maximum Gasteiger partial charge on any atom is 0.186 e. The molecule has 0 radical (unpaired) electrons. The number of carbonyl (C=O) groups is 1. The lowest BCUT2D eigenvalue weighted by molar-refractivity contribution is -0.320. The Hall–Kier alpha value is -1.01. The molecule has 0 aromatic heterocycles. The van der Waals surface area contributed by atoms with Gasteiger partial charge in [-0.25, -0.2) is 0 Å². The number of nitrogens with one attached hydrogen (secondary N) is 1. The summed E-state index contributed by atoms with van der Waals surface area (Å²) >= 11 is 0. The van der Waals surface area contributed by atoms with E-state index in [1.54, 1.807) is 0 Å². The lowest BCUT2D eigenvalue weighted by Gasteiger charge is -2.48. The third-order valence-corrected chi connectivity index (χ3v) is 8.30. The smallest absolute Gasteiger partial charge is 0.186 e. The largest absolute Gasteiger partial charge is 0.395 e. The average Bonchev–Trinajstić information content (AvgIpc) is 2.98. The van der Waals surface area contributed by atoms with Gasteiger partial charge < -0.3 is 88.7 Å². The third kappa shape index (κ3) is 9.05. The molecule has 18 nitrogen and oxygen atoms in total. The van der Waals surface area contributed by atoms with Gasteiger partial charge in [0.05, 0.1) is 43.6 Å². The van der Waals surface area contributed by atoms with Crippen LogP contribution in [0.3, 0.4) is 0 Å². The number of nitrogens with two attached hydrogens (primary N) is 5. The van der Waals surface area contributed by atoms with Crippen LogP contribution in [0.25, 0.3) is 0 Å². The maximum absolute atomic E-state index is 12.6. The topological polar surface area (TPSA) is 338 Å². The predicted octanol–water partition coefficient (Wildman–Crippen LogP) is -7.78. The monoisotopic (exact) mass is 626 g/mol. The minimum atomic E-state index is -1.57. The Labute approximate surface area is 249 Å². The maximum atomic E-state index is 12.6. The molecule has 43 heavy (non-hydrogen) atoms. The number of hydrogen-bond acceptors (Lipinski definition) is 18. The zero-order valence-electron chi connectivity index (χ0n) is 24.0. The predicted molar refractivity (Wildman–Crippen MR) is 147 cm³/mol. The van der Waals surface area contributed by atoms with Crippen molar-refractivity contribution in [3.05, 3.63) is 0 Å². The molecule has 0 bridgehead atoms. The van der Waals surface area contributed by atoms with Crippen molar-refractivity contribution in [2.45, 2.75) is 111 Å². The molecule has 0 amide bonds. The molecule has 18 N–H and O–H groups in total. The van der Waals surface area contributed by atoms with Crippen LogP contribution in [0.5, 0.6) is 0 Å². The van der Waals surface area contributed by atoms with Crippen LogP contribution in [0.2, 0.25) is 0 Å². The van der Waals surface area contributed by atoms with Gasteiger partial charge in [0.15, 0.2) is 18.4 Å². The van der Waals surface area contributed by atoms with Gasteiger partial charge in [-0.3, -0.25) is 4.79 Å². The van der Waals surface area contributed by atoms with Gasteiger partial charge in [-0.1, -0.05) is 0 Å². The van der Waals surface area contributed by atoms with Crippen LogP contribution in [0.15, 0.2) is 0 Å². The van der Waals surface area contributed by atoms with Crippen molar-refractivity contribution in [3.63, 3.8) is 0 Å². The van der Waals surface area contributed by atoms with Crippen LogP contribution in [0.4, 0.5) is 0 Å². The summed E-state index contributed by atoms with van der Waals surface area (Å²) in [5.41, 5.74) is 29.6. The van der Waals surface area contributed by atoms with Crippen molar-refractivity contribution in [3.8, 4) is 0 Å². The minimum absolute atomic E-state index is 0.0466. The molecule has 3 aliphatic rings. The number of Topliss-reactive ketones (excluding diaryl/α,β-unsaturated/α-hetero) is 1. The molecule has 1 saturated carbocycles. The molecule has 2 saturated heterocycles. The van der Waals surface area contributed by atoms with E-state index in [1.807, 2.05) is 0 Å². The second kappa shape index (κ2) is 16.5. The van der Waals surface area contributed by atoms with Crippen molar-refractivity contribution in [2.24, 2.45) is 34.6 Å². The Morgan fingerprint density at radius 2 is 1.56 bits per heavy atom. The van der Waals surface area contributed by atoms with Gasteiger partial charge >= 0.3 is 0 Å². The van der Waals surface area contributed by atoms with Gasteiger partial charge in [-0.05, 0) is 18.8 Å². The third-order valence-electron chi connectivity index (χ3n) is 8.30. The van der Waals surface area contributed by atoms with Crippen LogP contribution in [-0.2, 0) is 23.7 Å². The number of ketones is 1. The molecule has 2 aliphatic heterocycles. The van der Waals surface area contributed by atoms with E-state index in [-0.39, 0.29) is 45.5 Å². The van der Waals surface area contributed by atoms with Crippen molar-refractivity contribution in [1.82, 2.24) is 5.32 Å². The number of aliphatic hydroxyl groups is 7. The second-order valence-electron chi connectivity index (χ2n) is 11.7. The highest BCUT2D eigenvalue weighted by Gasteiger charge is 2.51. The molecule has 18 heteroatoms. The average molecular weight is 627 g/mol. The lowest BCUT2D eigenvalue weighted by Crippen LogP contribution is -2.66. The summed E-state index contributed by atoms with van der Waals surface area (Å²) in [6.45, 7) is -0.767. The normalized spacial score (nSPS) is 43.7. The summed E-state index contributed by atoms with van der Waals surface area (Å²) in [5.74, 6) is -1.42. The van der Waals surface area contributed by atoms with E-state index in [4.69, 9.17) is 52.7 Å². The molecular formula is C25H50N6O12. The summed E-state index contributed by atoms with van der Waals surface area (Å²) in [5, 5.41) is 74.5. The summed E-state index contributed by atoms with van der Waals surface area (Å²) in [6.07, 6.45) is -14.1. The standard InChI is InChI=1S/C25H50N6O12/c26-4-15(36)13(34)2-9-1-11(28)23(21(39)22(9)42-25-20(38)18(30)19(37)17(8-33)41-25)43-24-12(29)3-14(35)16(40-24)6-31-5-10(27)7-32/h9-12,14-25,31-33,35-39H,1-8,26-30H2/t9-,10?,11-,12+,14-,15-,16+,17+,18-,19+,20+,21+,22-,23+,24+,25+/m0/s1. The first kappa shape index (κ1) is 36.5. The molecule has 3 rings (SSSR count). The summed E-state index contributed by atoms with van der Waals surface area (Å²) in [7, 11) is 0. The highest BCUT2D eigenvalue weighted by atomic mass is 16.7. The van der Waals surface area contributed by atoms with Crippen molar-refractivity contribution < 1.29 is 59.5 Å². The second-order valence-corrected chi connectivity index (χ2v) is 11.7. The molecule has 3 fully saturated rings. The number of hydrogen-bond donors (Lipinski definition) is 13. The SMILES string of the molecule is NC[C@H](O)C(=O)C[C@@H]1C[C@H](N)[C@@H](O[C@H]2O[C@H](CNCC(N)CO)[C@@H](O)C[C@H]2N)[C@H](O)[C@H]1O[C@H]1O[C@H](CO)[C@@H](O)[C@H](N)[C@H]1O. The molecule has 252 valence electrons. The number of rotatable bonds is 14. The zero-order valence-corrected chi connectivity index (χ0v) is 24.0. The Kier molecular flexibility index (Phi) is 14.0. The molecule has 0 aromatic carbocycles. The number of aliphatic hydroxyl groups excluding tert-OH is 7. The lowest BCUT2D eigenvalue weighted by atomic mass is 9.76. The van der Waals surface area contributed by atoms with E-state index in [1.165, 1.54) is 0 Å². The molecule has 0 spiro atoms. The molecule has 2 heterocycles. The van der Waals surface area contributed by atoms with E-state index < -0.39 is 110 Å². The van der Waals surface area contributed by atoms with Crippen LogP contribution in [0, 0.1) is 5.92 Å². The van der Waals surface area contributed by atoms with E-state index in [9.17, 15) is 35.4 Å². The first-order valence-corrected chi connectivity index (χ1v) is 14.5. The first-order valence-electron chi connectivity index (χ1n) is 14.5. The van der Waals surface area contributed by atoms with Gasteiger partial charge in [-0.15, -0.1) is 0 Å². The Bertz CT molecular complexity index is 866. The number of ether oxygens (including phenoxy) is 4. The van der Waals surface area contributed by atoms with Gasteiger partial charge in [0, 0.05) is 38.1 Å². The van der Waals surface area contributed by atoms with Gasteiger partial charge in [0.25, 0.3) is 0 Å². The van der Waals surface area contributed by atoms with Crippen LogP contribution >= 0.6 is 0 Å². The van der Waals surface area contributed by atoms with Crippen molar-refractivity contribution >= 4 is 5.78 Å². The van der Waals surface area contributed by atoms with Crippen LogP contribution < -0.4 is 34.0 Å². The van der Waals surface area contributed by atoms with Gasteiger partial charge in [0.2, 0.25) is 0 Å². The van der Waals surface area contributed by atoms with Crippen LogP contribution in [-0.4, -0.2) is 166 Å². The van der Waals surface area contributed by atoms with Crippen LogP contribution in [0.1, 0.15) is 19.3 Å². The van der Waals surface area contributed by atoms with E-state index >= 15 is 0 Å². The highest BCUT2D eigenvalue weighted by Crippen LogP contribution is 2.36. The summed E-state index contributed by atoms with van der Waals surface area (Å²) in [4.78, 5) is 12.6. The summed E-state index contributed by atoms with van der Waals surface area (Å²) < 4.78 is 23.5. The Morgan fingerprint density at radius 3 is 2.19 bits per heavy atom. The fourth-order valence-electron chi connectivity index (χ4n) is 5.67. The van der Waals surface area contributed by atoms with E-state index in [0.29, 0.717) is 0 Å². The van der Waals surface area contributed by atoms with Gasteiger partial charge in [-0.2, -0.15) is 0 Å². The summed E-state index contributed by atoms with van der Waals surface area (Å²) in [6, 6.07) is -3.46. The molecular weight excluding hydrogens is 576 g/mol. The van der Waals surface area contributed by atoms with Crippen molar-refractivity contribution in [2.75, 3.05) is 32.8 Å². The zero-order chi connectivity index (χ0) is 32.0. The molecule has 0 aromatic rings. The quantitative estimate of drug-likeness (QED) is 0.0850. The Balaban J connectivity index is 1.78. The first-order chi connectivity index (χ1) is 20.3. The molecule has 1 aliphatic carbocycles. The fraction of sp³-hybridized carbons (Fsp3) is 0.960. The molecule has 16 atom stereocenters.